The van der Waals surface area contributed by atoms with Crippen LogP contribution in [0.15, 0.2) is 22.7 Å². The minimum absolute atomic E-state index is 0.502. The number of benzene rings is 1. The summed E-state index contributed by atoms with van der Waals surface area (Å²) in [6.45, 7) is 2.72. The van der Waals surface area contributed by atoms with Crippen LogP contribution in [0.25, 0.3) is 0 Å². The van der Waals surface area contributed by atoms with Gasteiger partial charge in [0.1, 0.15) is 5.75 Å². The first-order valence-electron chi connectivity index (χ1n) is 7.35. The molecule has 0 amide bonds. The van der Waals surface area contributed by atoms with Crippen LogP contribution in [0.4, 0.5) is 0 Å². The second-order valence-corrected chi connectivity index (χ2v) is 6.58. The quantitative estimate of drug-likeness (QED) is 0.878. The zero-order valence-corrected chi connectivity index (χ0v) is 13.2. The fourth-order valence-electron chi connectivity index (χ4n) is 3.94. The molecular formula is C16H22BrNO. The normalized spacial score (nSPS) is 29.9. The van der Waals surface area contributed by atoms with E-state index < -0.39 is 0 Å². The van der Waals surface area contributed by atoms with Gasteiger partial charge in [0.05, 0.1) is 11.1 Å². The molecule has 0 radical (unpaired) electrons. The summed E-state index contributed by atoms with van der Waals surface area (Å²) in [6, 6.07) is 7.03. The fraction of sp³-hybridized carbons (Fsp3) is 0.625. The van der Waals surface area contributed by atoms with E-state index >= 15 is 0 Å². The van der Waals surface area contributed by atoms with Crippen molar-refractivity contribution in [2.24, 2.45) is 17.8 Å². The summed E-state index contributed by atoms with van der Waals surface area (Å²) in [5, 5.41) is 3.53. The van der Waals surface area contributed by atoms with E-state index in [2.05, 4.69) is 46.5 Å². The Morgan fingerprint density at radius 2 is 2.11 bits per heavy atom. The molecule has 3 unspecified atom stereocenters. The van der Waals surface area contributed by atoms with Gasteiger partial charge in [0, 0.05) is 6.04 Å². The van der Waals surface area contributed by atoms with Gasteiger partial charge < -0.3 is 10.1 Å². The molecule has 19 heavy (non-hydrogen) atoms. The van der Waals surface area contributed by atoms with Crippen molar-refractivity contribution in [2.75, 3.05) is 13.7 Å². The Hall–Kier alpha value is -0.540. The minimum Gasteiger partial charge on any atom is -0.493 e. The Morgan fingerprint density at radius 3 is 2.68 bits per heavy atom. The summed E-state index contributed by atoms with van der Waals surface area (Å²) in [7, 11) is 2.09. The van der Waals surface area contributed by atoms with E-state index in [0.717, 1.165) is 28.0 Å². The Balaban J connectivity index is 1.78. The second kappa shape index (κ2) is 5.45. The third kappa shape index (κ3) is 2.43. The summed E-state index contributed by atoms with van der Waals surface area (Å²) in [5.74, 6) is 3.74. The lowest BCUT2D eigenvalue weighted by atomic mass is 9.97. The van der Waals surface area contributed by atoms with Gasteiger partial charge in [-0.05, 0) is 78.2 Å². The molecule has 0 bridgehead atoms. The largest absolute Gasteiger partial charge is 0.493 e. The molecule has 1 aromatic carbocycles. The molecule has 3 atom stereocenters. The molecule has 0 saturated heterocycles. The smallest absolute Gasteiger partial charge is 0.133 e. The van der Waals surface area contributed by atoms with Gasteiger partial charge >= 0.3 is 0 Å². The highest BCUT2D eigenvalue weighted by molar-refractivity contribution is 9.10. The molecule has 2 fully saturated rings. The average Bonchev–Trinajstić information content (AvgIpc) is 2.86. The molecule has 3 rings (SSSR count). The molecule has 1 N–H and O–H groups in total. The van der Waals surface area contributed by atoms with Crippen LogP contribution in [-0.2, 0) is 0 Å². The Labute approximate surface area is 124 Å². The van der Waals surface area contributed by atoms with Gasteiger partial charge in [-0.15, -0.1) is 0 Å². The number of nitrogens with one attached hydrogen (secondary N) is 1. The zero-order chi connectivity index (χ0) is 13.4. The number of hydrogen-bond donors (Lipinski definition) is 1. The second-order valence-electron chi connectivity index (χ2n) is 5.73. The maximum absolute atomic E-state index is 5.59. The number of hydrogen-bond acceptors (Lipinski definition) is 2. The summed E-state index contributed by atoms with van der Waals surface area (Å²) in [4.78, 5) is 0. The third-order valence-electron chi connectivity index (χ3n) is 4.78. The summed E-state index contributed by atoms with van der Waals surface area (Å²) in [6.07, 6.45) is 4.31. The van der Waals surface area contributed by atoms with Crippen LogP contribution in [0.3, 0.4) is 0 Å². The minimum atomic E-state index is 0.502. The maximum atomic E-state index is 5.59. The van der Waals surface area contributed by atoms with Crippen molar-refractivity contribution in [1.82, 2.24) is 5.32 Å². The third-order valence-corrected chi connectivity index (χ3v) is 5.40. The Morgan fingerprint density at radius 1 is 1.37 bits per heavy atom. The lowest BCUT2D eigenvalue weighted by molar-refractivity contribution is 0.337. The highest BCUT2D eigenvalue weighted by atomic mass is 79.9. The van der Waals surface area contributed by atoms with E-state index in [4.69, 9.17) is 4.74 Å². The first-order chi connectivity index (χ1) is 9.26. The van der Waals surface area contributed by atoms with Crippen LogP contribution in [0, 0.1) is 17.8 Å². The van der Waals surface area contributed by atoms with E-state index in [1.165, 1.54) is 24.8 Å². The van der Waals surface area contributed by atoms with Gasteiger partial charge in [-0.2, -0.15) is 0 Å². The predicted octanol–water partition coefficient (Wildman–Crippen LogP) is 4.15. The van der Waals surface area contributed by atoms with Gasteiger partial charge in [-0.25, -0.2) is 0 Å². The molecule has 0 spiro atoms. The van der Waals surface area contributed by atoms with E-state index in [-0.39, 0.29) is 0 Å². The van der Waals surface area contributed by atoms with Crippen LogP contribution >= 0.6 is 15.9 Å². The molecule has 0 heterocycles. The van der Waals surface area contributed by atoms with E-state index in [1.807, 2.05) is 6.92 Å². The van der Waals surface area contributed by atoms with Gasteiger partial charge in [-0.3, -0.25) is 0 Å². The van der Waals surface area contributed by atoms with Crippen molar-refractivity contribution in [3.05, 3.63) is 28.2 Å². The molecule has 2 saturated carbocycles. The molecule has 0 aliphatic heterocycles. The first kappa shape index (κ1) is 13.4. The number of rotatable bonds is 5. The number of ether oxygens (including phenoxy) is 1. The molecule has 0 aromatic heterocycles. The van der Waals surface area contributed by atoms with Crippen molar-refractivity contribution in [1.29, 1.82) is 0 Å². The lowest BCUT2D eigenvalue weighted by Crippen LogP contribution is -2.20. The van der Waals surface area contributed by atoms with Crippen molar-refractivity contribution in [3.8, 4) is 5.75 Å². The van der Waals surface area contributed by atoms with Crippen molar-refractivity contribution >= 4 is 15.9 Å². The van der Waals surface area contributed by atoms with Crippen LogP contribution in [-0.4, -0.2) is 13.7 Å². The highest BCUT2D eigenvalue weighted by Gasteiger charge is 2.55. The zero-order valence-electron chi connectivity index (χ0n) is 11.7. The van der Waals surface area contributed by atoms with E-state index in [1.54, 1.807) is 0 Å². The molecular weight excluding hydrogens is 302 g/mol. The van der Waals surface area contributed by atoms with Gasteiger partial charge in [0.2, 0.25) is 0 Å². The van der Waals surface area contributed by atoms with Gasteiger partial charge in [0.15, 0.2) is 0 Å². The number of fused-ring (bicyclic) bond motifs is 1. The SMILES string of the molecule is CCOc1ccc(C(NC)C2C3CCCC32)cc1Br. The standard InChI is InChI=1S/C16H22BrNO/c1-3-19-14-8-7-10(9-13(14)17)16(18-2)15-11-5-4-6-12(11)15/h7-9,11-12,15-16,18H,3-6H2,1-2H3. The number of halogens is 1. The van der Waals surface area contributed by atoms with Crippen molar-refractivity contribution < 1.29 is 4.74 Å². The van der Waals surface area contributed by atoms with Crippen molar-refractivity contribution in [3.63, 3.8) is 0 Å². The molecule has 2 aliphatic rings. The summed E-state index contributed by atoms with van der Waals surface area (Å²) in [5.41, 5.74) is 1.39. The van der Waals surface area contributed by atoms with Crippen LogP contribution in [0.1, 0.15) is 37.8 Å². The summed E-state index contributed by atoms with van der Waals surface area (Å²) >= 11 is 3.62. The molecule has 2 aliphatic carbocycles. The van der Waals surface area contributed by atoms with Crippen molar-refractivity contribution in [2.45, 2.75) is 32.2 Å². The van der Waals surface area contributed by atoms with Crippen LogP contribution in [0.2, 0.25) is 0 Å². The molecule has 104 valence electrons. The van der Waals surface area contributed by atoms with E-state index in [0.29, 0.717) is 12.6 Å². The van der Waals surface area contributed by atoms with E-state index in [9.17, 15) is 0 Å². The first-order valence-corrected chi connectivity index (χ1v) is 8.15. The average molecular weight is 324 g/mol. The van der Waals surface area contributed by atoms with Gasteiger partial charge in [0.25, 0.3) is 0 Å². The molecule has 2 nitrogen and oxygen atoms in total. The molecule has 3 heteroatoms. The Bertz CT molecular complexity index is 452. The highest BCUT2D eigenvalue weighted by Crippen LogP contribution is 2.62. The maximum Gasteiger partial charge on any atom is 0.133 e. The monoisotopic (exact) mass is 323 g/mol. The van der Waals surface area contributed by atoms with Crippen LogP contribution < -0.4 is 10.1 Å². The topological polar surface area (TPSA) is 21.3 Å². The van der Waals surface area contributed by atoms with Crippen LogP contribution in [0.5, 0.6) is 5.75 Å². The Kier molecular flexibility index (Phi) is 3.86. The van der Waals surface area contributed by atoms with Gasteiger partial charge in [-0.1, -0.05) is 12.5 Å². The molecule has 1 aromatic rings. The fourth-order valence-corrected chi connectivity index (χ4v) is 4.45. The predicted molar refractivity (Wildman–Crippen MR) is 81.4 cm³/mol. The summed E-state index contributed by atoms with van der Waals surface area (Å²) < 4.78 is 6.66. The lowest BCUT2D eigenvalue weighted by Gasteiger charge is -2.20.